The standard InChI is InChI=1S/C19H20N6O/c26-18-7-6-17(14-8-12-20-13-9-14)24-25(18)16-4-2-15(3-5-16)23-19-21-10-1-11-22-19/h1,6-13,15-16H,2-5H2,(H,21,22,23). The van der Waals surface area contributed by atoms with Crippen LogP contribution in [-0.2, 0) is 0 Å². The summed E-state index contributed by atoms with van der Waals surface area (Å²) in [5.74, 6) is 0.658. The van der Waals surface area contributed by atoms with E-state index in [2.05, 4.69) is 25.4 Å². The third-order valence-corrected chi connectivity index (χ3v) is 4.74. The van der Waals surface area contributed by atoms with Gasteiger partial charge in [-0.2, -0.15) is 5.10 Å². The van der Waals surface area contributed by atoms with Gasteiger partial charge in [0.25, 0.3) is 5.56 Å². The Bertz CT molecular complexity index is 904. The molecule has 1 aliphatic rings. The molecule has 4 rings (SSSR count). The summed E-state index contributed by atoms with van der Waals surface area (Å²) < 4.78 is 1.64. The second-order valence-electron chi connectivity index (χ2n) is 6.46. The summed E-state index contributed by atoms with van der Waals surface area (Å²) in [6.45, 7) is 0. The molecule has 0 radical (unpaired) electrons. The molecule has 3 aromatic rings. The second-order valence-corrected chi connectivity index (χ2v) is 6.46. The monoisotopic (exact) mass is 348 g/mol. The average Bonchev–Trinajstić information content (AvgIpc) is 2.71. The van der Waals surface area contributed by atoms with E-state index in [4.69, 9.17) is 0 Å². The van der Waals surface area contributed by atoms with Crippen LogP contribution in [0.5, 0.6) is 0 Å². The zero-order chi connectivity index (χ0) is 17.8. The molecule has 1 fully saturated rings. The number of nitrogens with one attached hydrogen (secondary N) is 1. The quantitative estimate of drug-likeness (QED) is 0.780. The van der Waals surface area contributed by atoms with E-state index in [1.807, 2.05) is 12.1 Å². The normalized spacial score (nSPS) is 19.8. The lowest BCUT2D eigenvalue weighted by Crippen LogP contribution is -2.33. The summed E-state index contributed by atoms with van der Waals surface area (Å²) >= 11 is 0. The molecule has 7 heteroatoms. The van der Waals surface area contributed by atoms with Crippen molar-refractivity contribution in [3.05, 3.63) is 65.5 Å². The van der Waals surface area contributed by atoms with Gasteiger partial charge in [0.05, 0.1) is 11.7 Å². The second kappa shape index (κ2) is 7.43. The Hall–Kier alpha value is -3.09. The van der Waals surface area contributed by atoms with Crippen molar-refractivity contribution in [2.24, 2.45) is 0 Å². The molecule has 0 spiro atoms. The van der Waals surface area contributed by atoms with E-state index in [9.17, 15) is 4.79 Å². The molecule has 0 saturated heterocycles. The summed E-state index contributed by atoms with van der Waals surface area (Å²) in [5, 5.41) is 7.97. The van der Waals surface area contributed by atoms with Crippen LogP contribution in [0.15, 0.2) is 59.9 Å². The fraction of sp³-hybridized carbons (Fsp3) is 0.316. The summed E-state index contributed by atoms with van der Waals surface area (Å²) in [6.07, 6.45) is 10.6. The Labute approximate surface area is 151 Å². The predicted octanol–water partition coefficient (Wildman–Crippen LogP) is 2.69. The van der Waals surface area contributed by atoms with Gasteiger partial charge < -0.3 is 5.32 Å². The van der Waals surface area contributed by atoms with E-state index >= 15 is 0 Å². The number of aromatic nitrogens is 5. The van der Waals surface area contributed by atoms with Gasteiger partial charge in [0.15, 0.2) is 0 Å². The van der Waals surface area contributed by atoms with E-state index in [-0.39, 0.29) is 11.6 Å². The topological polar surface area (TPSA) is 85.6 Å². The summed E-state index contributed by atoms with van der Waals surface area (Å²) in [4.78, 5) is 24.8. The van der Waals surface area contributed by atoms with Gasteiger partial charge >= 0.3 is 0 Å². The lowest BCUT2D eigenvalue weighted by molar-refractivity contribution is 0.304. The Balaban J connectivity index is 1.47. The van der Waals surface area contributed by atoms with Crippen LogP contribution in [0.2, 0.25) is 0 Å². The van der Waals surface area contributed by atoms with Gasteiger partial charge in [-0.25, -0.2) is 14.6 Å². The van der Waals surface area contributed by atoms with Crippen molar-refractivity contribution in [1.29, 1.82) is 0 Å². The molecular formula is C19H20N6O. The minimum Gasteiger partial charge on any atom is -0.351 e. The minimum absolute atomic E-state index is 0.0504. The van der Waals surface area contributed by atoms with Crippen molar-refractivity contribution in [2.45, 2.75) is 37.8 Å². The molecule has 0 bridgehead atoms. The van der Waals surface area contributed by atoms with Crippen molar-refractivity contribution in [2.75, 3.05) is 5.32 Å². The number of nitrogens with zero attached hydrogens (tertiary/aromatic N) is 5. The fourth-order valence-electron chi connectivity index (χ4n) is 3.38. The first-order valence-electron chi connectivity index (χ1n) is 8.83. The van der Waals surface area contributed by atoms with E-state index in [1.165, 1.54) is 0 Å². The van der Waals surface area contributed by atoms with Crippen LogP contribution in [0.4, 0.5) is 5.95 Å². The van der Waals surface area contributed by atoms with Crippen LogP contribution in [0.1, 0.15) is 31.7 Å². The fourth-order valence-corrected chi connectivity index (χ4v) is 3.38. The highest BCUT2D eigenvalue weighted by Crippen LogP contribution is 2.28. The van der Waals surface area contributed by atoms with Crippen molar-refractivity contribution < 1.29 is 0 Å². The minimum atomic E-state index is -0.0504. The predicted molar refractivity (Wildman–Crippen MR) is 98.7 cm³/mol. The first kappa shape index (κ1) is 16.4. The first-order valence-corrected chi connectivity index (χ1v) is 8.83. The number of hydrogen-bond donors (Lipinski definition) is 1. The summed E-state index contributed by atoms with van der Waals surface area (Å²) in [7, 11) is 0. The Kier molecular flexibility index (Phi) is 4.68. The van der Waals surface area contributed by atoms with Crippen molar-refractivity contribution in [3.63, 3.8) is 0 Å². The molecule has 132 valence electrons. The molecule has 0 aliphatic heterocycles. The molecular weight excluding hydrogens is 328 g/mol. The number of anilines is 1. The van der Waals surface area contributed by atoms with Crippen molar-refractivity contribution in [3.8, 4) is 11.3 Å². The van der Waals surface area contributed by atoms with Crippen LogP contribution < -0.4 is 10.9 Å². The maximum absolute atomic E-state index is 12.3. The van der Waals surface area contributed by atoms with Gasteiger partial charge in [-0.05, 0) is 49.9 Å². The van der Waals surface area contributed by atoms with E-state index < -0.39 is 0 Å². The zero-order valence-electron chi connectivity index (χ0n) is 14.3. The molecule has 26 heavy (non-hydrogen) atoms. The van der Waals surface area contributed by atoms with Gasteiger partial charge in [0, 0.05) is 42.5 Å². The number of rotatable bonds is 4. The summed E-state index contributed by atoms with van der Waals surface area (Å²) in [6, 6.07) is 9.43. The molecule has 3 aromatic heterocycles. The smallest absolute Gasteiger partial charge is 0.267 e. The van der Waals surface area contributed by atoms with Crippen LogP contribution in [-0.4, -0.2) is 30.8 Å². The highest BCUT2D eigenvalue weighted by molar-refractivity contribution is 5.57. The van der Waals surface area contributed by atoms with Crippen molar-refractivity contribution in [1.82, 2.24) is 24.7 Å². The van der Waals surface area contributed by atoms with Gasteiger partial charge in [-0.1, -0.05) is 0 Å². The van der Waals surface area contributed by atoms with Gasteiger partial charge in [-0.3, -0.25) is 9.78 Å². The molecule has 1 saturated carbocycles. The van der Waals surface area contributed by atoms with Crippen LogP contribution in [0.25, 0.3) is 11.3 Å². The SMILES string of the molecule is O=c1ccc(-c2ccncc2)nn1C1CCC(Nc2ncccn2)CC1. The molecule has 3 heterocycles. The lowest BCUT2D eigenvalue weighted by Gasteiger charge is -2.29. The highest BCUT2D eigenvalue weighted by atomic mass is 16.1. The molecule has 0 amide bonds. The number of hydrogen-bond acceptors (Lipinski definition) is 6. The molecule has 1 aliphatic carbocycles. The Morgan fingerprint density at radius 3 is 2.38 bits per heavy atom. The van der Waals surface area contributed by atoms with Crippen LogP contribution in [0, 0.1) is 0 Å². The van der Waals surface area contributed by atoms with E-state index in [1.54, 1.807) is 47.7 Å². The van der Waals surface area contributed by atoms with Crippen LogP contribution in [0.3, 0.4) is 0 Å². The van der Waals surface area contributed by atoms with Gasteiger partial charge in [0.2, 0.25) is 5.95 Å². The third kappa shape index (κ3) is 3.61. The largest absolute Gasteiger partial charge is 0.351 e. The van der Waals surface area contributed by atoms with Crippen LogP contribution >= 0.6 is 0 Å². The third-order valence-electron chi connectivity index (χ3n) is 4.74. The van der Waals surface area contributed by atoms with E-state index in [0.29, 0.717) is 12.0 Å². The van der Waals surface area contributed by atoms with E-state index in [0.717, 1.165) is 36.9 Å². The zero-order valence-corrected chi connectivity index (χ0v) is 14.3. The highest BCUT2D eigenvalue weighted by Gasteiger charge is 2.24. The molecule has 0 aromatic carbocycles. The first-order chi connectivity index (χ1) is 12.8. The lowest BCUT2D eigenvalue weighted by atomic mass is 9.91. The molecule has 1 N–H and O–H groups in total. The Morgan fingerprint density at radius 2 is 1.65 bits per heavy atom. The van der Waals surface area contributed by atoms with Gasteiger partial charge in [-0.15, -0.1) is 0 Å². The maximum atomic E-state index is 12.3. The average molecular weight is 348 g/mol. The molecule has 0 atom stereocenters. The summed E-state index contributed by atoms with van der Waals surface area (Å²) in [5.41, 5.74) is 1.71. The number of pyridine rings is 1. The Morgan fingerprint density at radius 1 is 0.923 bits per heavy atom. The van der Waals surface area contributed by atoms with Crippen molar-refractivity contribution >= 4 is 5.95 Å². The van der Waals surface area contributed by atoms with Gasteiger partial charge in [0.1, 0.15) is 0 Å². The maximum Gasteiger partial charge on any atom is 0.267 e. The molecule has 7 nitrogen and oxygen atoms in total. The molecule has 0 unspecified atom stereocenters.